The summed E-state index contributed by atoms with van der Waals surface area (Å²) in [5.74, 6) is 0.740. The van der Waals surface area contributed by atoms with Crippen LogP contribution >= 0.6 is 0 Å². The summed E-state index contributed by atoms with van der Waals surface area (Å²) in [4.78, 5) is 0. The van der Waals surface area contributed by atoms with E-state index < -0.39 is 5.41 Å². The largest absolute Gasteiger partial charge is 0.310 e. The fourth-order valence-corrected chi connectivity index (χ4v) is 13.0. The standard InChI is InChI=1S/C61H49BN2/c1-32(2)40-28-45-46-29-41(33(3)4)31-52-59(46)64-57(45)50(30-40)61(48-26-36(7)16-22-42(48)43-23-17-37(8)27-49(43)61)47-24-25-53-55(60(47)64)62(52)51-11-9-10-44-54(38-18-12-34(5)13-19-38)56(63(53)58(44)51)39-20-14-35(6)15-21-39/h9-33H,1-8H3. The van der Waals surface area contributed by atoms with Gasteiger partial charge in [0, 0.05) is 44.1 Å². The van der Waals surface area contributed by atoms with E-state index in [1.165, 1.54) is 150 Å². The summed E-state index contributed by atoms with van der Waals surface area (Å²) >= 11 is 0. The van der Waals surface area contributed by atoms with Crippen molar-refractivity contribution < 1.29 is 0 Å². The summed E-state index contributed by atoms with van der Waals surface area (Å²) in [6, 6.07) is 55.6. The van der Waals surface area contributed by atoms with Gasteiger partial charge < -0.3 is 9.13 Å². The molecule has 0 N–H and O–H groups in total. The highest BCUT2D eigenvalue weighted by Crippen LogP contribution is 2.62. The van der Waals surface area contributed by atoms with Gasteiger partial charge in [-0.3, -0.25) is 0 Å². The molecule has 14 rings (SSSR count). The van der Waals surface area contributed by atoms with Gasteiger partial charge in [-0.15, -0.1) is 0 Å². The van der Waals surface area contributed by atoms with Gasteiger partial charge in [0.1, 0.15) is 0 Å². The summed E-state index contributed by atoms with van der Waals surface area (Å²) in [6.45, 7) is 18.5. The first kappa shape index (κ1) is 36.6. The maximum Gasteiger partial charge on any atom is 0.252 e. The summed E-state index contributed by atoms with van der Waals surface area (Å²) in [7, 11) is 0. The Labute approximate surface area is 375 Å². The zero-order valence-corrected chi connectivity index (χ0v) is 37.9. The number of para-hydroxylation sites is 1. The fraction of sp³-hybridized carbons (Fsp3) is 0.180. The highest BCUT2D eigenvalue weighted by molar-refractivity contribution is 7.00. The fourth-order valence-electron chi connectivity index (χ4n) is 13.0. The van der Waals surface area contributed by atoms with Gasteiger partial charge in [0.05, 0.1) is 16.6 Å². The molecule has 2 nitrogen and oxygen atoms in total. The first-order chi connectivity index (χ1) is 31.0. The monoisotopic (exact) mass is 820 g/mol. The molecule has 64 heavy (non-hydrogen) atoms. The van der Waals surface area contributed by atoms with Gasteiger partial charge in [0.15, 0.2) is 0 Å². The second-order valence-corrected chi connectivity index (χ2v) is 20.3. The van der Waals surface area contributed by atoms with E-state index in [0.717, 1.165) is 0 Å². The molecule has 0 amide bonds. The first-order valence-corrected chi connectivity index (χ1v) is 23.4. The van der Waals surface area contributed by atoms with E-state index >= 15 is 0 Å². The molecule has 2 aromatic heterocycles. The molecule has 3 heteroatoms. The SMILES string of the molecule is Cc1ccc(-c2c(-c3ccc(C)cc3)n3c4c(cccc24)B2c4c-3ccc3c4-n4c5c2cc(C(C)C)cc5c2cc(C(C)C)cc(c24)C32c3cc(C)ccc3-c3ccc(C)cc32)cc1. The Kier molecular flexibility index (Phi) is 7.01. The average molecular weight is 821 g/mol. The molecule has 306 valence electrons. The lowest BCUT2D eigenvalue weighted by molar-refractivity contribution is 0.742. The number of hydrogen-bond donors (Lipinski definition) is 0. The third kappa shape index (κ3) is 4.29. The highest BCUT2D eigenvalue weighted by atomic mass is 15.1. The Morgan fingerprint density at radius 1 is 0.453 bits per heavy atom. The molecule has 0 saturated heterocycles. The number of fused-ring (bicyclic) bond motifs is 11. The normalized spacial score (nSPS) is 14.3. The van der Waals surface area contributed by atoms with Crippen LogP contribution in [0.1, 0.15) is 95.2 Å². The van der Waals surface area contributed by atoms with Crippen molar-refractivity contribution in [3.63, 3.8) is 0 Å². The van der Waals surface area contributed by atoms with Crippen molar-refractivity contribution in [1.82, 2.24) is 9.13 Å². The molecule has 0 unspecified atom stereocenters. The van der Waals surface area contributed by atoms with Crippen LogP contribution in [0.4, 0.5) is 0 Å². The number of hydrogen-bond acceptors (Lipinski definition) is 0. The Morgan fingerprint density at radius 2 is 1.03 bits per heavy atom. The molecule has 3 aliphatic heterocycles. The van der Waals surface area contributed by atoms with Crippen molar-refractivity contribution in [3.05, 3.63) is 195 Å². The van der Waals surface area contributed by atoms with Gasteiger partial charge >= 0.3 is 0 Å². The van der Waals surface area contributed by atoms with E-state index in [4.69, 9.17) is 0 Å². The average Bonchev–Trinajstić information content (AvgIpc) is 3.91. The summed E-state index contributed by atoms with van der Waals surface area (Å²) in [5.41, 5.74) is 31.9. The van der Waals surface area contributed by atoms with Gasteiger partial charge in [-0.2, -0.15) is 0 Å². The van der Waals surface area contributed by atoms with Gasteiger partial charge in [-0.1, -0.05) is 171 Å². The lowest BCUT2D eigenvalue weighted by atomic mass is 9.33. The molecule has 8 aromatic carbocycles. The second-order valence-electron chi connectivity index (χ2n) is 20.3. The van der Waals surface area contributed by atoms with Crippen molar-refractivity contribution in [1.29, 1.82) is 0 Å². The molecule has 0 fully saturated rings. The Morgan fingerprint density at radius 3 is 1.67 bits per heavy atom. The number of aryl methyl sites for hydroxylation is 4. The van der Waals surface area contributed by atoms with Gasteiger partial charge in [0.25, 0.3) is 6.71 Å². The van der Waals surface area contributed by atoms with Crippen molar-refractivity contribution in [3.8, 4) is 44.9 Å². The van der Waals surface area contributed by atoms with E-state index in [0.29, 0.717) is 11.8 Å². The van der Waals surface area contributed by atoms with E-state index in [1.54, 1.807) is 0 Å². The van der Waals surface area contributed by atoms with Crippen molar-refractivity contribution in [2.24, 2.45) is 0 Å². The Balaban J connectivity index is 1.24. The van der Waals surface area contributed by atoms with E-state index in [2.05, 4.69) is 204 Å². The molecular formula is C61H49BN2. The molecule has 4 aliphatic rings. The summed E-state index contributed by atoms with van der Waals surface area (Å²) in [6.07, 6.45) is 0. The molecule has 1 aliphatic carbocycles. The van der Waals surface area contributed by atoms with E-state index in [1.807, 2.05) is 0 Å². The van der Waals surface area contributed by atoms with Crippen molar-refractivity contribution in [2.75, 3.05) is 0 Å². The molecule has 0 radical (unpaired) electrons. The van der Waals surface area contributed by atoms with E-state index in [9.17, 15) is 0 Å². The number of rotatable bonds is 4. The van der Waals surface area contributed by atoms with Gasteiger partial charge in [-0.05, 0) is 130 Å². The van der Waals surface area contributed by atoms with Crippen molar-refractivity contribution >= 4 is 55.8 Å². The Hall–Kier alpha value is -6.84. The molecular weight excluding hydrogens is 771 g/mol. The van der Waals surface area contributed by atoms with Crippen LogP contribution in [0.15, 0.2) is 140 Å². The van der Waals surface area contributed by atoms with Crippen LogP contribution in [0, 0.1) is 27.7 Å². The predicted octanol–water partition coefficient (Wildman–Crippen LogP) is 13.4. The third-order valence-corrected chi connectivity index (χ3v) is 15.9. The van der Waals surface area contributed by atoms with Crippen LogP contribution in [0.3, 0.4) is 0 Å². The highest BCUT2D eigenvalue weighted by Gasteiger charge is 2.54. The lowest BCUT2D eigenvalue weighted by Crippen LogP contribution is -2.60. The minimum absolute atomic E-state index is 0.0457. The van der Waals surface area contributed by atoms with E-state index in [-0.39, 0.29) is 6.71 Å². The maximum absolute atomic E-state index is 2.77. The molecule has 0 bridgehead atoms. The maximum atomic E-state index is 2.77. The quantitative estimate of drug-likeness (QED) is 0.157. The zero-order chi connectivity index (χ0) is 43.2. The Bertz CT molecular complexity index is 3710. The number of aromatic nitrogens is 2. The molecule has 0 saturated carbocycles. The third-order valence-electron chi connectivity index (χ3n) is 15.9. The van der Waals surface area contributed by atoms with Gasteiger partial charge in [0.2, 0.25) is 0 Å². The molecule has 10 aromatic rings. The minimum atomic E-state index is -0.515. The van der Waals surface area contributed by atoms with Crippen LogP contribution in [-0.2, 0) is 5.41 Å². The first-order valence-electron chi connectivity index (χ1n) is 23.4. The predicted molar refractivity (Wildman–Crippen MR) is 271 cm³/mol. The number of benzene rings is 8. The van der Waals surface area contributed by atoms with Gasteiger partial charge in [-0.25, -0.2) is 0 Å². The van der Waals surface area contributed by atoms with Crippen LogP contribution in [0.25, 0.3) is 77.6 Å². The smallest absolute Gasteiger partial charge is 0.252 e. The second kappa shape index (κ2) is 12.2. The topological polar surface area (TPSA) is 9.86 Å². The summed E-state index contributed by atoms with van der Waals surface area (Å²) < 4.78 is 5.45. The van der Waals surface area contributed by atoms with Crippen LogP contribution < -0.4 is 16.4 Å². The van der Waals surface area contributed by atoms with Crippen LogP contribution in [0.5, 0.6) is 0 Å². The molecule has 0 atom stereocenters. The summed E-state index contributed by atoms with van der Waals surface area (Å²) in [5, 5.41) is 4.09. The minimum Gasteiger partial charge on any atom is -0.310 e. The van der Waals surface area contributed by atoms with Crippen LogP contribution in [-0.4, -0.2) is 15.8 Å². The zero-order valence-electron chi connectivity index (χ0n) is 37.9. The molecule has 5 heterocycles. The number of nitrogens with zero attached hydrogens (tertiary/aromatic N) is 2. The van der Waals surface area contributed by atoms with Crippen molar-refractivity contribution in [2.45, 2.75) is 72.6 Å². The van der Waals surface area contributed by atoms with Crippen LogP contribution in [0.2, 0.25) is 0 Å². The lowest BCUT2D eigenvalue weighted by Gasteiger charge is -2.44. The molecule has 1 spiro atoms.